The second-order valence-electron chi connectivity index (χ2n) is 7.79. The molecular weight excluding hydrogens is 408 g/mol. The van der Waals surface area contributed by atoms with Gasteiger partial charge in [0, 0.05) is 19.2 Å². The number of piperidine rings is 1. The number of para-hydroxylation sites is 1. The summed E-state index contributed by atoms with van der Waals surface area (Å²) in [6.45, 7) is 6.44. The molecule has 1 aliphatic heterocycles. The Kier molecular flexibility index (Phi) is 6.33. The maximum absolute atomic E-state index is 13.1. The van der Waals surface area contributed by atoms with Gasteiger partial charge in [-0.15, -0.1) is 0 Å². The largest absolute Gasteiger partial charge is 0.465 e. The predicted molar refractivity (Wildman–Crippen MR) is 111 cm³/mol. The summed E-state index contributed by atoms with van der Waals surface area (Å²) in [6, 6.07) is 7.61. The van der Waals surface area contributed by atoms with E-state index in [4.69, 9.17) is 9.15 Å². The fourth-order valence-corrected chi connectivity index (χ4v) is 5.68. The van der Waals surface area contributed by atoms with Gasteiger partial charge in [0.05, 0.1) is 18.4 Å². The zero-order valence-electron chi connectivity index (χ0n) is 17.5. The van der Waals surface area contributed by atoms with Crippen molar-refractivity contribution in [3.63, 3.8) is 0 Å². The maximum Gasteiger partial charge on any atom is 0.339 e. The Labute approximate surface area is 176 Å². The van der Waals surface area contributed by atoms with Crippen LogP contribution in [-0.4, -0.2) is 44.8 Å². The highest BCUT2D eigenvalue weighted by molar-refractivity contribution is 7.89. The van der Waals surface area contributed by atoms with E-state index in [9.17, 15) is 18.0 Å². The Morgan fingerprint density at radius 3 is 2.43 bits per heavy atom. The zero-order chi connectivity index (χ0) is 22.1. The van der Waals surface area contributed by atoms with Gasteiger partial charge in [-0.25, -0.2) is 13.2 Å². The minimum atomic E-state index is -3.78. The number of carbonyl (C=O) groups excluding carboxylic acids is 2. The number of benzene rings is 1. The van der Waals surface area contributed by atoms with Crippen LogP contribution in [0.3, 0.4) is 0 Å². The van der Waals surface area contributed by atoms with Gasteiger partial charge in [0.2, 0.25) is 10.0 Å². The lowest BCUT2D eigenvalue weighted by Crippen LogP contribution is -2.42. The molecule has 0 bridgehead atoms. The number of nitrogens with one attached hydrogen (secondary N) is 1. The lowest BCUT2D eigenvalue weighted by molar-refractivity contribution is 0.0602. The monoisotopic (exact) mass is 434 g/mol. The van der Waals surface area contributed by atoms with Crippen LogP contribution >= 0.6 is 0 Å². The molecule has 2 heterocycles. The number of methoxy groups -OCH3 is 1. The molecule has 2 atom stereocenters. The molecule has 0 spiro atoms. The number of rotatable bonds is 5. The van der Waals surface area contributed by atoms with Crippen molar-refractivity contribution in [1.82, 2.24) is 4.31 Å². The predicted octanol–water partition coefficient (Wildman–Crippen LogP) is 3.29. The van der Waals surface area contributed by atoms with Crippen molar-refractivity contribution in [2.45, 2.75) is 32.1 Å². The van der Waals surface area contributed by atoms with Gasteiger partial charge in [-0.3, -0.25) is 4.79 Å². The van der Waals surface area contributed by atoms with E-state index in [0.717, 1.165) is 6.42 Å². The minimum absolute atomic E-state index is 0.0183. The van der Waals surface area contributed by atoms with Crippen molar-refractivity contribution < 1.29 is 27.2 Å². The van der Waals surface area contributed by atoms with Gasteiger partial charge in [-0.1, -0.05) is 26.0 Å². The minimum Gasteiger partial charge on any atom is -0.465 e. The first kappa shape index (κ1) is 22.0. The van der Waals surface area contributed by atoms with Crippen LogP contribution in [0.2, 0.25) is 0 Å². The summed E-state index contributed by atoms with van der Waals surface area (Å²) in [5.74, 6) is -0.743. The summed E-state index contributed by atoms with van der Waals surface area (Å²) < 4.78 is 37.9. The summed E-state index contributed by atoms with van der Waals surface area (Å²) in [5.41, 5.74) is 0.423. The fourth-order valence-electron chi connectivity index (χ4n) is 3.84. The van der Waals surface area contributed by atoms with Crippen molar-refractivity contribution in [1.29, 1.82) is 0 Å². The van der Waals surface area contributed by atoms with E-state index in [0.29, 0.717) is 13.1 Å². The lowest BCUT2D eigenvalue weighted by Gasteiger charge is -2.33. The van der Waals surface area contributed by atoms with Crippen LogP contribution in [0.25, 0.3) is 0 Å². The first-order chi connectivity index (χ1) is 14.1. The van der Waals surface area contributed by atoms with Crippen molar-refractivity contribution in [2.24, 2.45) is 11.8 Å². The van der Waals surface area contributed by atoms with E-state index in [1.54, 1.807) is 18.2 Å². The van der Waals surface area contributed by atoms with E-state index in [2.05, 4.69) is 5.32 Å². The Morgan fingerprint density at radius 1 is 1.17 bits per heavy atom. The van der Waals surface area contributed by atoms with Gasteiger partial charge < -0.3 is 14.5 Å². The van der Waals surface area contributed by atoms with E-state index in [1.165, 1.54) is 30.5 Å². The molecule has 2 aromatic rings. The lowest BCUT2D eigenvalue weighted by atomic mass is 9.94. The molecule has 30 heavy (non-hydrogen) atoms. The third kappa shape index (κ3) is 4.41. The molecule has 1 aromatic carbocycles. The van der Waals surface area contributed by atoms with Gasteiger partial charge in [0.1, 0.15) is 10.7 Å². The third-order valence-corrected chi connectivity index (χ3v) is 7.07. The molecule has 162 valence electrons. The van der Waals surface area contributed by atoms with Crippen molar-refractivity contribution in [3.05, 3.63) is 47.4 Å². The third-order valence-electron chi connectivity index (χ3n) is 5.13. The van der Waals surface area contributed by atoms with Gasteiger partial charge in [-0.2, -0.15) is 4.31 Å². The normalized spacial score (nSPS) is 20.0. The van der Waals surface area contributed by atoms with Gasteiger partial charge >= 0.3 is 5.97 Å². The molecule has 0 aliphatic carbocycles. The Bertz CT molecular complexity index is 1050. The molecule has 1 amide bonds. The SMILES string of the molecule is COC(=O)c1ccccc1NC(=O)c1cc(S(=O)(=O)N2C[C@H](C)C[C@H](C)C2)c(C)o1. The Morgan fingerprint density at radius 2 is 1.80 bits per heavy atom. The van der Waals surface area contributed by atoms with Crippen LogP contribution in [0.15, 0.2) is 39.6 Å². The number of amides is 1. The van der Waals surface area contributed by atoms with Crippen LogP contribution in [0.1, 0.15) is 46.9 Å². The first-order valence-corrected chi connectivity index (χ1v) is 11.2. The molecule has 3 rings (SSSR count). The second kappa shape index (κ2) is 8.61. The summed E-state index contributed by atoms with van der Waals surface area (Å²) in [7, 11) is -2.54. The van der Waals surface area contributed by atoms with E-state index >= 15 is 0 Å². The van der Waals surface area contributed by atoms with Crippen molar-refractivity contribution in [3.8, 4) is 0 Å². The molecule has 0 unspecified atom stereocenters. The number of furan rings is 1. The highest BCUT2D eigenvalue weighted by Gasteiger charge is 2.34. The van der Waals surface area contributed by atoms with Gasteiger partial charge in [0.15, 0.2) is 5.76 Å². The standard InChI is InChI=1S/C21H26N2O6S/c1-13-9-14(2)12-23(11-13)30(26,27)19-10-18(29-15(19)3)20(24)22-17-8-6-5-7-16(17)21(25)28-4/h5-8,10,13-14H,9,11-12H2,1-4H3,(H,22,24)/t13-,14+. The Balaban J connectivity index is 1.86. The topological polar surface area (TPSA) is 106 Å². The highest BCUT2D eigenvalue weighted by atomic mass is 32.2. The van der Waals surface area contributed by atoms with Crippen LogP contribution in [0.4, 0.5) is 5.69 Å². The van der Waals surface area contributed by atoms with Crippen LogP contribution < -0.4 is 5.32 Å². The number of hydrogen-bond acceptors (Lipinski definition) is 6. The van der Waals surface area contributed by atoms with Crippen LogP contribution in [-0.2, 0) is 14.8 Å². The van der Waals surface area contributed by atoms with Crippen LogP contribution in [0, 0.1) is 18.8 Å². The molecule has 1 saturated heterocycles. The molecular formula is C21H26N2O6S. The molecule has 9 heteroatoms. The molecule has 0 saturated carbocycles. The molecule has 1 aromatic heterocycles. The zero-order valence-corrected chi connectivity index (χ0v) is 18.3. The molecule has 1 fully saturated rings. The maximum atomic E-state index is 13.1. The van der Waals surface area contributed by atoms with Crippen LogP contribution in [0.5, 0.6) is 0 Å². The summed E-state index contributed by atoms with van der Waals surface area (Å²) in [4.78, 5) is 24.6. The fraction of sp³-hybridized carbons (Fsp3) is 0.429. The van der Waals surface area contributed by atoms with E-state index < -0.39 is 21.9 Å². The summed E-state index contributed by atoms with van der Waals surface area (Å²) >= 11 is 0. The number of esters is 1. The average molecular weight is 435 g/mol. The summed E-state index contributed by atoms with van der Waals surface area (Å²) in [6.07, 6.45) is 0.976. The number of sulfonamides is 1. The average Bonchev–Trinajstić information content (AvgIpc) is 3.09. The van der Waals surface area contributed by atoms with E-state index in [1.807, 2.05) is 13.8 Å². The van der Waals surface area contributed by atoms with Gasteiger partial charge in [-0.05, 0) is 37.3 Å². The number of aryl methyl sites for hydroxylation is 1. The molecule has 0 radical (unpaired) electrons. The van der Waals surface area contributed by atoms with Crippen molar-refractivity contribution in [2.75, 3.05) is 25.5 Å². The Hall–Kier alpha value is -2.65. The summed E-state index contributed by atoms with van der Waals surface area (Å²) in [5, 5.41) is 2.59. The number of ether oxygens (including phenoxy) is 1. The smallest absolute Gasteiger partial charge is 0.339 e. The quantitative estimate of drug-likeness (QED) is 0.724. The first-order valence-electron chi connectivity index (χ1n) is 9.72. The molecule has 8 nitrogen and oxygen atoms in total. The number of nitrogens with zero attached hydrogens (tertiary/aromatic N) is 1. The van der Waals surface area contributed by atoms with E-state index in [-0.39, 0.29) is 39.5 Å². The molecule has 1 aliphatic rings. The number of anilines is 1. The number of hydrogen-bond donors (Lipinski definition) is 1. The van der Waals surface area contributed by atoms with Crippen molar-refractivity contribution >= 4 is 27.6 Å². The highest BCUT2D eigenvalue weighted by Crippen LogP contribution is 2.30. The second-order valence-corrected chi connectivity index (χ2v) is 9.70. The number of carbonyl (C=O) groups is 2. The molecule has 1 N–H and O–H groups in total. The van der Waals surface area contributed by atoms with Gasteiger partial charge in [0.25, 0.3) is 5.91 Å².